The summed E-state index contributed by atoms with van der Waals surface area (Å²) in [5.41, 5.74) is 2.56. The Morgan fingerprint density at radius 1 is 0.919 bits per heavy atom. The minimum absolute atomic E-state index is 0.0129. The van der Waals surface area contributed by atoms with Gasteiger partial charge in [0.1, 0.15) is 18.3 Å². The third-order valence-electron chi connectivity index (χ3n) is 7.16. The quantitative estimate of drug-likeness (QED) is 0.365. The van der Waals surface area contributed by atoms with Crippen LogP contribution in [0, 0.1) is 0 Å². The van der Waals surface area contributed by atoms with Crippen LogP contribution < -0.4 is 4.74 Å². The monoisotopic (exact) mass is 499 g/mol. The molecular formula is C29H29N3O5. The summed E-state index contributed by atoms with van der Waals surface area (Å²) in [6, 6.07) is 20.1. The Balaban J connectivity index is 1.21. The Morgan fingerprint density at radius 2 is 1.59 bits per heavy atom. The van der Waals surface area contributed by atoms with Crippen molar-refractivity contribution in [1.82, 2.24) is 14.8 Å². The Bertz CT molecular complexity index is 1240. The van der Waals surface area contributed by atoms with Gasteiger partial charge in [0.15, 0.2) is 0 Å². The van der Waals surface area contributed by atoms with Gasteiger partial charge in [-0.3, -0.25) is 14.6 Å². The molecule has 2 amide bonds. The summed E-state index contributed by atoms with van der Waals surface area (Å²) in [6.07, 6.45) is 4.33. The second-order valence-electron chi connectivity index (χ2n) is 9.31. The number of esters is 1. The number of hydrogen-bond acceptors (Lipinski definition) is 6. The maximum absolute atomic E-state index is 13.2. The van der Waals surface area contributed by atoms with Crippen molar-refractivity contribution in [2.75, 3.05) is 26.7 Å². The van der Waals surface area contributed by atoms with E-state index in [1.54, 1.807) is 29.4 Å². The van der Waals surface area contributed by atoms with Crippen LogP contribution in [0.5, 0.6) is 5.75 Å². The van der Waals surface area contributed by atoms with Crippen LogP contribution in [0.4, 0.5) is 0 Å². The van der Waals surface area contributed by atoms with E-state index in [1.165, 1.54) is 7.11 Å². The summed E-state index contributed by atoms with van der Waals surface area (Å²) in [5, 5.41) is 0. The molecule has 2 atom stereocenters. The van der Waals surface area contributed by atoms with E-state index in [0.717, 1.165) is 24.0 Å². The molecular weight excluding hydrogens is 470 g/mol. The van der Waals surface area contributed by atoms with Crippen molar-refractivity contribution in [2.24, 2.45) is 0 Å². The van der Waals surface area contributed by atoms with Crippen molar-refractivity contribution in [1.29, 1.82) is 0 Å². The average Bonchev–Trinajstić information content (AvgIpc) is 2.97. The minimum Gasteiger partial charge on any atom is -0.478 e. The lowest BCUT2D eigenvalue weighted by Gasteiger charge is -2.47. The van der Waals surface area contributed by atoms with Crippen LogP contribution in [0.2, 0.25) is 0 Å². The number of rotatable bonds is 7. The van der Waals surface area contributed by atoms with E-state index in [4.69, 9.17) is 9.47 Å². The first-order valence-corrected chi connectivity index (χ1v) is 12.4. The molecule has 2 aliphatic heterocycles. The summed E-state index contributed by atoms with van der Waals surface area (Å²) in [7, 11) is 1.37. The maximum Gasteiger partial charge on any atom is 0.337 e. The zero-order chi connectivity index (χ0) is 25.8. The first-order chi connectivity index (χ1) is 18.0. The van der Waals surface area contributed by atoms with Gasteiger partial charge in [-0.1, -0.05) is 30.3 Å². The molecule has 37 heavy (non-hydrogen) atoms. The van der Waals surface area contributed by atoms with Gasteiger partial charge >= 0.3 is 5.97 Å². The molecule has 5 rings (SSSR count). The first kappa shape index (κ1) is 24.5. The average molecular weight is 500 g/mol. The van der Waals surface area contributed by atoms with Crippen LogP contribution in [-0.2, 0) is 14.3 Å². The van der Waals surface area contributed by atoms with Crippen molar-refractivity contribution >= 4 is 17.8 Å². The predicted molar refractivity (Wildman–Crippen MR) is 136 cm³/mol. The Labute approximate surface area is 215 Å². The Morgan fingerprint density at radius 3 is 2.24 bits per heavy atom. The molecule has 190 valence electrons. The number of benzene rings is 2. The number of nitrogens with zero attached hydrogens (tertiary/aromatic N) is 3. The molecule has 2 fully saturated rings. The van der Waals surface area contributed by atoms with Gasteiger partial charge in [0.2, 0.25) is 12.0 Å². The number of carbonyl (C=O) groups excluding carboxylic acids is 3. The number of amides is 2. The smallest absolute Gasteiger partial charge is 0.337 e. The normalized spacial score (nSPS) is 19.8. The van der Waals surface area contributed by atoms with Gasteiger partial charge in [0, 0.05) is 25.5 Å². The van der Waals surface area contributed by atoms with Crippen molar-refractivity contribution in [2.45, 2.75) is 30.9 Å². The summed E-state index contributed by atoms with van der Waals surface area (Å²) < 4.78 is 10.8. The largest absolute Gasteiger partial charge is 0.478 e. The number of pyridine rings is 1. The van der Waals surface area contributed by atoms with E-state index in [0.29, 0.717) is 30.3 Å². The van der Waals surface area contributed by atoms with Gasteiger partial charge in [-0.15, -0.1) is 0 Å². The fourth-order valence-electron chi connectivity index (χ4n) is 5.09. The van der Waals surface area contributed by atoms with Gasteiger partial charge in [-0.25, -0.2) is 4.79 Å². The molecule has 2 saturated heterocycles. The summed E-state index contributed by atoms with van der Waals surface area (Å²) >= 11 is 0. The predicted octanol–water partition coefficient (Wildman–Crippen LogP) is 3.61. The molecule has 2 aromatic carbocycles. The number of β-lactam (4-membered cyclic amide) rings is 1. The molecule has 0 spiro atoms. The summed E-state index contributed by atoms with van der Waals surface area (Å²) in [6.45, 7) is 1.25. The van der Waals surface area contributed by atoms with E-state index >= 15 is 0 Å². The number of likely N-dealkylation sites (tertiary alicyclic amines) is 2. The fourth-order valence-corrected chi connectivity index (χ4v) is 5.09. The van der Waals surface area contributed by atoms with Crippen LogP contribution >= 0.6 is 0 Å². The third-order valence-corrected chi connectivity index (χ3v) is 7.16. The molecule has 2 unspecified atom stereocenters. The molecule has 0 aliphatic carbocycles. The Kier molecular flexibility index (Phi) is 7.16. The van der Waals surface area contributed by atoms with Crippen LogP contribution in [0.1, 0.15) is 46.3 Å². The van der Waals surface area contributed by atoms with Crippen LogP contribution in [0.15, 0.2) is 79.1 Å². The molecule has 0 N–H and O–H groups in total. The van der Waals surface area contributed by atoms with Crippen LogP contribution in [0.3, 0.4) is 0 Å². The van der Waals surface area contributed by atoms with Gasteiger partial charge in [0.05, 0.1) is 12.7 Å². The molecule has 0 saturated carbocycles. The lowest BCUT2D eigenvalue weighted by atomic mass is 9.88. The molecule has 8 heteroatoms. The first-order valence-electron chi connectivity index (χ1n) is 12.4. The molecule has 3 heterocycles. The van der Waals surface area contributed by atoms with E-state index in [1.807, 2.05) is 59.5 Å². The van der Waals surface area contributed by atoms with Crippen molar-refractivity contribution < 1.29 is 23.9 Å². The van der Waals surface area contributed by atoms with Crippen LogP contribution in [0.25, 0.3) is 0 Å². The molecule has 0 radical (unpaired) electrons. The van der Waals surface area contributed by atoms with Crippen molar-refractivity contribution in [3.8, 4) is 5.75 Å². The lowest BCUT2D eigenvalue weighted by molar-refractivity contribution is -0.168. The molecule has 3 aromatic rings. The number of ether oxygens (including phenoxy) is 2. The van der Waals surface area contributed by atoms with E-state index in [-0.39, 0.29) is 30.4 Å². The zero-order valence-electron chi connectivity index (χ0n) is 20.7. The van der Waals surface area contributed by atoms with Gasteiger partial charge in [-0.2, -0.15) is 0 Å². The number of carbonyl (C=O) groups is 3. The number of piperidine rings is 1. The van der Waals surface area contributed by atoms with E-state index in [2.05, 4.69) is 4.98 Å². The fraction of sp³-hybridized carbons (Fsp3) is 0.310. The second-order valence-corrected chi connectivity index (χ2v) is 9.31. The standard InChI is InChI=1S/C29H29N3O5/c1-36-29(35)23-9-7-20(8-10-23)21-13-17-31(18-14-21)25(33)19-32-26(22-11-15-30-16-12-22)27(28(32)34)37-24-5-3-2-4-6-24/h2-12,15-16,21,26-27H,13-14,17-19H2,1H3. The van der Waals surface area contributed by atoms with Crippen molar-refractivity contribution in [3.05, 3.63) is 95.8 Å². The Hall–Kier alpha value is -4.20. The highest BCUT2D eigenvalue weighted by molar-refractivity contribution is 5.93. The minimum atomic E-state index is -0.684. The van der Waals surface area contributed by atoms with Gasteiger partial charge < -0.3 is 19.3 Å². The number of aromatic nitrogens is 1. The molecule has 0 bridgehead atoms. The number of methoxy groups -OCH3 is 1. The second kappa shape index (κ2) is 10.8. The van der Waals surface area contributed by atoms with Crippen LogP contribution in [-0.4, -0.2) is 65.4 Å². The third kappa shape index (κ3) is 5.18. The van der Waals surface area contributed by atoms with E-state index < -0.39 is 6.10 Å². The summed E-state index contributed by atoms with van der Waals surface area (Å²) in [5.74, 6) is 0.320. The maximum atomic E-state index is 13.2. The number of para-hydroxylation sites is 1. The summed E-state index contributed by atoms with van der Waals surface area (Å²) in [4.78, 5) is 45.5. The van der Waals surface area contributed by atoms with Crippen molar-refractivity contribution in [3.63, 3.8) is 0 Å². The molecule has 8 nitrogen and oxygen atoms in total. The number of hydrogen-bond donors (Lipinski definition) is 0. The highest BCUT2D eigenvalue weighted by Gasteiger charge is 2.51. The molecule has 2 aliphatic rings. The molecule has 1 aromatic heterocycles. The SMILES string of the molecule is COC(=O)c1ccc(C2CCN(C(=O)CN3C(=O)C(Oc4ccccc4)C3c3ccncc3)CC2)cc1. The highest BCUT2D eigenvalue weighted by Crippen LogP contribution is 2.37. The topological polar surface area (TPSA) is 89.0 Å². The van der Waals surface area contributed by atoms with Gasteiger partial charge in [0.25, 0.3) is 5.91 Å². The highest BCUT2D eigenvalue weighted by atomic mass is 16.5. The lowest BCUT2D eigenvalue weighted by Crippen LogP contribution is -2.63. The zero-order valence-corrected chi connectivity index (χ0v) is 20.7. The van der Waals surface area contributed by atoms with E-state index in [9.17, 15) is 14.4 Å². The van der Waals surface area contributed by atoms with Gasteiger partial charge in [-0.05, 0) is 66.3 Å².